The van der Waals surface area contributed by atoms with Crippen LogP contribution in [-0.2, 0) is 0 Å². The average molecular weight is 189 g/mol. The molecule has 4 heteroatoms. The van der Waals surface area contributed by atoms with E-state index in [-0.39, 0.29) is 0 Å². The lowest BCUT2D eigenvalue weighted by molar-refractivity contribution is 0.227. The highest BCUT2D eigenvalue weighted by atomic mass is 35.5. The van der Waals surface area contributed by atoms with Crippen LogP contribution in [-0.4, -0.2) is 5.30 Å². The van der Waals surface area contributed by atoms with E-state index in [1.165, 1.54) is 0 Å². The highest BCUT2D eigenvalue weighted by molar-refractivity contribution is 7.96. The van der Waals surface area contributed by atoms with Crippen molar-refractivity contribution in [3.05, 3.63) is 29.3 Å². The number of carbonyl (C=O) groups is 1. The summed E-state index contributed by atoms with van der Waals surface area (Å²) < 4.78 is 4.64. The maximum absolute atomic E-state index is 10.3. The Bertz CT molecular complexity index is 258. The maximum atomic E-state index is 10.3. The van der Waals surface area contributed by atoms with E-state index in [0.29, 0.717) is 10.8 Å². The van der Waals surface area contributed by atoms with Crippen LogP contribution in [0, 0.1) is 0 Å². The molecule has 0 N–H and O–H groups in total. The van der Waals surface area contributed by atoms with E-state index in [2.05, 4.69) is 17.4 Å². The number of rotatable bonds is 1. The first-order chi connectivity index (χ1) is 5.18. The van der Waals surface area contributed by atoms with Gasteiger partial charge in [-0.3, -0.25) is 0 Å². The molecule has 0 unspecified atom stereocenters. The third-order valence-electron chi connectivity index (χ3n) is 1.02. The van der Waals surface area contributed by atoms with Gasteiger partial charge in [-0.2, -0.15) is 0 Å². The van der Waals surface area contributed by atoms with Crippen LogP contribution in [0.15, 0.2) is 24.3 Å². The Morgan fingerprint density at radius 3 is 2.36 bits per heavy atom. The molecule has 0 fully saturated rings. The van der Waals surface area contributed by atoms with Crippen LogP contribution in [0.4, 0.5) is 4.79 Å². The van der Waals surface area contributed by atoms with Crippen LogP contribution < -0.4 is 4.74 Å². The molecule has 1 aromatic rings. The number of halogens is 1. The van der Waals surface area contributed by atoms with Gasteiger partial charge in [-0.25, -0.2) is 4.79 Å². The van der Waals surface area contributed by atoms with Crippen molar-refractivity contribution in [2.24, 2.45) is 0 Å². The zero-order valence-corrected chi connectivity index (χ0v) is 7.10. The Labute approximate surface area is 74.5 Å². The number of ether oxygens (including phenoxy) is 1. The Morgan fingerprint density at radius 1 is 1.36 bits per heavy atom. The predicted octanol–water partition coefficient (Wildman–Crippen LogP) is 2.77. The molecule has 2 nitrogen and oxygen atoms in total. The second kappa shape index (κ2) is 3.64. The van der Waals surface area contributed by atoms with Crippen LogP contribution in [0.25, 0.3) is 0 Å². The largest absolute Gasteiger partial charge is 0.419 e. The molecule has 0 bridgehead atoms. The van der Waals surface area contributed by atoms with Gasteiger partial charge >= 0.3 is 5.30 Å². The summed E-state index contributed by atoms with van der Waals surface area (Å²) in [7, 11) is 0. The lowest BCUT2D eigenvalue weighted by atomic mass is 10.3. The van der Waals surface area contributed by atoms with Crippen molar-refractivity contribution in [1.29, 1.82) is 0 Å². The first-order valence-electron chi connectivity index (χ1n) is 2.85. The summed E-state index contributed by atoms with van der Waals surface area (Å²) in [5, 5.41) is -0.0312. The molecule has 0 atom stereocenters. The van der Waals surface area contributed by atoms with Gasteiger partial charge in [0, 0.05) is 5.02 Å². The van der Waals surface area contributed by atoms with Gasteiger partial charge in [-0.1, -0.05) is 24.2 Å². The topological polar surface area (TPSA) is 26.3 Å². The number of thiol groups is 1. The van der Waals surface area contributed by atoms with E-state index in [1.54, 1.807) is 24.3 Å². The summed E-state index contributed by atoms with van der Waals surface area (Å²) in [6.07, 6.45) is 0. The molecule has 0 saturated heterocycles. The van der Waals surface area contributed by atoms with Crippen molar-refractivity contribution in [2.75, 3.05) is 0 Å². The minimum absolute atomic E-state index is 0.439. The molecular weight excluding hydrogens is 184 g/mol. The first-order valence-corrected chi connectivity index (χ1v) is 3.67. The van der Waals surface area contributed by atoms with E-state index in [9.17, 15) is 4.79 Å². The second-order valence-corrected chi connectivity index (χ2v) is 2.62. The summed E-state index contributed by atoms with van der Waals surface area (Å²) in [6, 6.07) is 6.45. The SMILES string of the molecule is O=C(S)Oc1ccc(Cl)cc1. The van der Waals surface area contributed by atoms with Gasteiger partial charge in [0.25, 0.3) is 0 Å². The molecule has 1 aromatic carbocycles. The summed E-state index contributed by atoms with van der Waals surface area (Å²) >= 11 is 9.03. The van der Waals surface area contributed by atoms with Crippen molar-refractivity contribution in [1.82, 2.24) is 0 Å². The standard InChI is InChI=1S/C7H5ClO2S/c8-5-1-3-6(4-2-5)10-7(9)11/h1-4H,(H,9,11). The third kappa shape index (κ3) is 2.82. The van der Waals surface area contributed by atoms with Crippen LogP contribution >= 0.6 is 24.2 Å². The van der Waals surface area contributed by atoms with Crippen LogP contribution in [0.5, 0.6) is 5.75 Å². The predicted molar refractivity (Wildman–Crippen MR) is 46.5 cm³/mol. The van der Waals surface area contributed by atoms with Gasteiger partial charge in [0.2, 0.25) is 0 Å². The number of hydrogen-bond donors (Lipinski definition) is 1. The molecule has 0 spiro atoms. The fraction of sp³-hybridized carbons (Fsp3) is 0. The number of hydrogen-bond acceptors (Lipinski definition) is 2. The average Bonchev–Trinajstić information content (AvgIpc) is 1.93. The van der Waals surface area contributed by atoms with E-state index >= 15 is 0 Å². The number of carbonyl (C=O) groups excluding carboxylic acids is 1. The van der Waals surface area contributed by atoms with Crippen molar-refractivity contribution in [2.45, 2.75) is 0 Å². The van der Waals surface area contributed by atoms with Gasteiger partial charge in [0.1, 0.15) is 5.75 Å². The zero-order valence-electron chi connectivity index (χ0n) is 5.45. The van der Waals surface area contributed by atoms with Crippen molar-refractivity contribution >= 4 is 29.5 Å². The zero-order chi connectivity index (χ0) is 8.27. The molecule has 0 aromatic heterocycles. The Morgan fingerprint density at radius 2 is 1.91 bits per heavy atom. The lowest BCUT2D eigenvalue weighted by Gasteiger charge is -1.98. The Kier molecular flexibility index (Phi) is 2.79. The molecule has 0 radical (unpaired) electrons. The smallest absolute Gasteiger partial charge is 0.369 e. The van der Waals surface area contributed by atoms with Gasteiger partial charge in [-0.05, 0) is 24.3 Å². The van der Waals surface area contributed by atoms with Gasteiger partial charge in [0.05, 0.1) is 0 Å². The second-order valence-electron chi connectivity index (χ2n) is 1.82. The third-order valence-corrected chi connectivity index (χ3v) is 1.36. The minimum atomic E-state index is -0.632. The van der Waals surface area contributed by atoms with Crippen molar-refractivity contribution in [3.8, 4) is 5.75 Å². The fourth-order valence-corrected chi connectivity index (χ4v) is 0.835. The summed E-state index contributed by atoms with van der Waals surface area (Å²) in [4.78, 5) is 10.3. The van der Waals surface area contributed by atoms with Gasteiger partial charge in [0.15, 0.2) is 0 Å². The minimum Gasteiger partial charge on any atom is -0.419 e. The molecule has 0 aliphatic rings. The molecule has 0 aliphatic heterocycles. The summed E-state index contributed by atoms with van der Waals surface area (Å²) in [5.41, 5.74) is 0. The van der Waals surface area contributed by atoms with E-state index in [4.69, 9.17) is 11.6 Å². The summed E-state index contributed by atoms with van der Waals surface area (Å²) in [5.74, 6) is 0.439. The molecule has 1 rings (SSSR count). The number of benzene rings is 1. The molecule has 58 valence electrons. The highest BCUT2D eigenvalue weighted by Crippen LogP contribution is 2.15. The maximum Gasteiger partial charge on any atom is 0.369 e. The van der Waals surface area contributed by atoms with E-state index in [0.717, 1.165) is 0 Å². The molecule has 0 amide bonds. The van der Waals surface area contributed by atoms with Gasteiger partial charge in [-0.15, -0.1) is 0 Å². The molecule has 0 saturated carbocycles. The molecule has 0 aliphatic carbocycles. The molecular formula is C7H5ClO2S. The molecule has 11 heavy (non-hydrogen) atoms. The van der Waals surface area contributed by atoms with E-state index < -0.39 is 5.30 Å². The normalized spacial score (nSPS) is 9.27. The first kappa shape index (κ1) is 8.43. The van der Waals surface area contributed by atoms with Gasteiger partial charge < -0.3 is 4.74 Å². The fourth-order valence-electron chi connectivity index (χ4n) is 0.603. The lowest BCUT2D eigenvalue weighted by Crippen LogP contribution is -1.95. The monoisotopic (exact) mass is 188 g/mol. The van der Waals surface area contributed by atoms with Crippen LogP contribution in [0.2, 0.25) is 5.02 Å². The Balaban J connectivity index is 2.74. The molecule has 0 heterocycles. The summed E-state index contributed by atoms with van der Waals surface area (Å²) in [6.45, 7) is 0. The van der Waals surface area contributed by atoms with Crippen LogP contribution in [0.3, 0.4) is 0 Å². The quantitative estimate of drug-likeness (QED) is 0.542. The van der Waals surface area contributed by atoms with E-state index in [1.807, 2.05) is 0 Å². The highest BCUT2D eigenvalue weighted by Gasteiger charge is 1.96. The van der Waals surface area contributed by atoms with Crippen molar-refractivity contribution < 1.29 is 9.53 Å². The van der Waals surface area contributed by atoms with Crippen LogP contribution in [0.1, 0.15) is 0 Å². The van der Waals surface area contributed by atoms with Crippen molar-refractivity contribution in [3.63, 3.8) is 0 Å². The Hall–Kier alpha value is -0.670.